The third-order valence-corrected chi connectivity index (χ3v) is 2.10. The fourth-order valence-electron chi connectivity index (χ4n) is 1.45. The van der Waals surface area contributed by atoms with Crippen molar-refractivity contribution in [1.82, 2.24) is 9.88 Å². The normalized spacial score (nSPS) is 21.2. The largest absolute Gasteiger partial charge is 0.507 e. The number of aromatic nitrogens is 1. The minimum absolute atomic E-state index is 0.0618. The number of aromatic amines is 1. The summed E-state index contributed by atoms with van der Waals surface area (Å²) in [5.41, 5.74) is 0.587. The molecule has 0 bridgehead atoms. The number of hydrogen-bond donors (Lipinski definition) is 2. The van der Waals surface area contributed by atoms with Gasteiger partial charge in [0.15, 0.2) is 0 Å². The van der Waals surface area contributed by atoms with E-state index in [9.17, 15) is 5.11 Å². The molecule has 0 aliphatic heterocycles. The van der Waals surface area contributed by atoms with Crippen LogP contribution in [0.2, 0.25) is 0 Å². The quantitative estimate of drug-likeness (QED) is 0.813. The average Bonchev–Trinajstić information content (AvgIpc) is 2.81. The van der Waals surface area contributed by atoms with Crippen molar-refractivity contribution < 1.29 is 13.3 Å². The van der Waals surface area contributed by atoms with Gasteiger partial charge in [-0.3, -0.25) is 0 Å². The second-order valence-corrected chi connectivity index (χ2v) is 3.29. The SMILES string of the molecule is [2H]C(N(C)C([2H])([2H])[2H])C([2H])([2H])c1c[nH]c2cccc(O)c12. The molecular formula is C12H16N2O. The van der Waals surface area contributed by atoms with E-state index >= 15 is 0 Å². The van der Waals surface area contributed by atoms with Crippen LogP contribution in [0.4, 0.5) is 0 Å². The standard InChI is InChI=1S/C12H16N2O/c1-14(2)7-6-9-8-13-10-4-3-5-11(15)12(9)10/h3-5,8,13,15H,6-7H2,1-2H3/i1D3,6D2,7D. The number of nitrogens with zero attached hydrogens (tertiary/aromatic N) is 1. The number of H-pyrrole nitrogens is 1. The van der Waals surface area contributed by atoms with Gasteiger partial charge in [0.05, 0.1) is 0 Å². The topological polar surface area (TPSA) is 39.3 Å². The lowest BCUT2D eigenvalue weighted by Gasteiger charge is -2.08. The molecule has 80 valence electrons. The zero-order valence-corrected chi connectivity index (χ0v) is 8.28. The minimum atomic E-state index is -2.58. The Morgan fingerprint density at radius 1 is 1.60 bits per heavy atom. The fraction of sp³-hybridized carbons (Fsp3) is 0.333. The number of benzene rings is 1. The van der Waals surface area contributed by atoms with E-state index in [2.05, 4.69) is 4.98 Å². The van der Waals surface area contributed by atoms with E-state index in [1.807, 2.05) is 0 Å². The number of likely N-dealkylation sites (N-methyl/N-ethyl adjacent to an activating group) is 1. The summed E-state index contributed by atoms with van der Waals surface area (Å²) in [4.78, 5) is 3.51. The third-order valence-electron chi connectivity index (χ3n) is 2.10. The maximum Gasteiger partial charge on any atom is 0.125 e. The van der Waals surface area contributed by atoms with E-state index in [1.165, 1.54) is 19.3 Å². The van der Waals surface area contributed by atoms with Crippen LogP contribution in [-0.4, -0.2) is 35.5 Å². The first kappa shape index (κ1) is 5.03. The van der Waals surface area contributed by atoms with Gasteiger partial charge in [0.1, 0.15) is 5.75 Å². The Kier molecular flexibility index (Phi) is 1.32. The highest BCUT2D eigenvalue weighted by Gasteiger charge is 2.07. The molecule has 0 aliphatic carbocycles. The van der Waals surface area contributed by atoms with Gasteiger partial charge in [-0.1, -0.05) is 6.07 Å². The van der Waals surface area contributed by atoms with Crippen LogP contribution in [-0.2, 0) is 6.37 Å². The van der Waals surface area contributed by atoms with Gasteiger partial charge in [-0.15, -0.1) is 0 Å². The Balaban J connectivity index is 2.52. The number of phenols is 1. The fourth-order valence-corrected chi connectivity index (χ4v) is 1.45. The molecule has 0 spiro atoms. The van der Waals surface area contributed by atoms with E-state index in [4.69, 9.17) is 8.22 Å². The highest BCUT2D eigenvalue weighted by molar-refractivity contribution is 5.88. The Morgan fingerprint density at radius 2 is 2.47 bits per heavy atom. The minimum Gasteiger partial charge on any atom is -0.507 e. The second kappa shape index (κ2) is 3.95. The summed E-state index contributed by atoms with van der Waals surface area (Å²) < 4.78 is 46.1. The van der Waals surface area contributed by atoms with Gasteiger partial charge in [0, 0.05) is 31.8 Å². The highest BCUT2D eigenvalue weighted by atomic mass is 16.3. The van der Waals surface area contributed by atoms with Crippen molar-refractivity contribution in [3.05, 3.63) is 30.0 Å². The molecule has 0 saturated carbocycles. The molecule has 0 amide bonds. The van der Waals surface area contributed by atoms with Gasteiger partial charge < -0.3 is 15.0 Å². The number of nitrogens with one attached hydrogen (secondary N) is 1. The van der Waals surface area contributed by atoms with Crippen molar-refractivity contribution >= 4 is 10.9 Å². The predicted molar refractivity (Wildman–Crippen MR) is 62.2 cm³/mol. The summed E-state index contributed by atoms with van der Waals surface area (Å²) in [6.07, 6.45) is -0.917. The van der Waals surface area contributed by atoms with Crippen molar-refractivity contribution in [2.45, 2.75) is 6.37 Å². The molecule has 0 radical (unpaired) electrons. The first-order valence-electron chi connectivity index (χ1n) is 7.59. The van der Waals surface area contributed by atoms with E-state index in [-0.39, 0.29) is 16.7 Å². The van der Waals surface area contributed by atoms with Crippen molar-refractivity contribution in [3.63, 3.8) is 0 Å². The molecule has 2 rings (SSSR count). The van der Waals surface area contributed by atoms with Crippen LogP contribution in [0.3, 0.4) is 0 Å². The van der Waals surface area contributed by atoms with Crippen LogP contribution in [0.5, 0.6) is 5.75 Å². The Morgan fingerprint density at radius 3 is 3.27 bits per heavy atom. The number of rotatable bonds is 3. The lowest BCUT2D eigenvalue weighted by molar-refractivity contribution is 0.414. The van der Waals surface area contributed by atoms with Gasteiger partial charge in [-0.05, 0) is 38.1 Å². The Bertz CT molecular complexity index is 651. The summed E-state index contributed by atoms with van der Waals surface area (Å²) in [6.45, 7) is -4.22. The monoisotopic (exact) mass is 210 g/mol. The molecular weight excluding hydrogens is 188 g/mol. The average molecular weight is 210 g/mol. The zero-order chi connectivity index (χ0) is 16.0. The summed E-state index contributed by atoms with van der Waals surface area (Å²) in [6, 6.07) is 4.70. The van der Waals surface area contributed by atoms with Gasteiger partial charge in [0.2, 0.25) is 0 Å². The van der Waals surface area contributed by atoms with E-state index in [0.29, 0.717) is 10.4 Å². The molecule has 1 heterocycles. The van der Waals surface area contributed by atoms with E-state index in [0.717, 1.165) is 0 Å². The Hall–Kier alpha value is -1.48. The second-order valence-electron chi connectivity index (χ2n) is 3.29. The highest BCUT2D eigenvalue weighted by Crippen LogP contribution is 2.27. The number of aromatic hydroxyl groups is 1. The van der Waals surface area contributed by atoms with E-state index < -0.39 is 19.9 Å². The molecule has 1 unspecified atom stereocenters. The van der Waals surface area contributed by atoms with Crippen LogP contribution in [0.1, 0.15) is 13.8 Å². The van der Waals surface area contributed by atoms with Crippen LogP contribution in [0.25, 0.3) is 10.9 Å². The number of fused-ring (bicyclic) bond motifs is 1. The maximum atomic E-state index is 9.91. The number of phenolic OH excluding ortho intramolecular Hbond substituents is 1. The molecule has 15 heavy (non-hydrogen) atoms. The molecule has 1 atom stereocenters. The first-order chi connectivity index (χ1) is 9.56. The molecule has 2 aromatic rings. The van der Waals surface area contributed by atoms with E-state index in [1.54, 1.807) is 12.1 Å². The third kappa shape index (κ3) is 1.97. The molecule has 1 aromatic carbocycles. The van der Waals surface area contributed by atoms with Gasteiger partial charge in [-0.2, -0.15) is 0 Å². The van der Waals surface area contributed by atoms with Gasteiger partial charge >= 0.3 is 0 Å². The van der Waals surface area contributed by atoms with Crippen LogP contribution >= 0.6 is 0 Å². The Labute approximate surface area is 97.8 Å². The van der Waals surface area contributed by atoms with Crippen LogP contribution < -0.4 is 0 Å². The van der Waals surface area contributed by atoms with Crippen molar-refractivity contribution in [3.8, 4) is 5.75 Å². The number of aryl methyl sites for hydroxylation is 1. The van der Waals surface area contributed by atoms with Crippen molar-refractivity contribution in [2.75, 3.05) is 20.5 Å². The van der Waals surface area contributed by atoms with Crippen molar-refractivity contribution in [2.24, 2.45) is 0 Å². The number of hydrogen-bond acceptors (Lipinski definition) is 2. The smallest absolute Gasteiger partial charge is 0.125 e. The zero-order valence-electron chi connectivity index (χ0n) is 14.3. The van der Waals surface area contributed by atoms with Crippen molar-refractivity contribution in [1.29, 1.82) is 0 Å². The summed E-state index contributed by atoms with van der Waals surface area (Å²) in [7, 11) is 1.18. The lowest BCUT2D eigenvalue weighted by atomic mass is 10.1. The molecule has 2 N–H and O–H groups in total. The molecule has 0 fully saturated rings. The molecule has 1 aromatic heterocycles. The summed E-state index contributed by atoms with van der Waals surface area (Å²) >= 11 is 0. The lowest BCUT2D eigenvalue weighted by Crippen LogP contribution is -2.14. The maximum absolute atomic E-state index is 9.91. The predicted octanol–water partition coefficient (Wildman–Crippen LogP) is 1.98. The molecule has 0 saturated heterocycles. The summed E-state index contributed by atoms with van der Waals surface area (Å²) in [5.74, 6) is -0.114. The molecule has 0 aliphatic rings. The van der Waals surface area contributed by atoms with Gasteiger partial charge in [0.25, 0.3) is 0 Å². The van der Waals surface area contributed by atoms with Gasteiger partial charge in [-0.25, -0.2) is 0 Å². The molecule has 3 nitrogen and oxygen atoms in total. The van der Waals surface area contributed by atoms with Crippen LogP contribution in [0, 0.1) is 0 Å². The first-order valence-corrected chi connectivity index (χ1v) is 4.51. The van der Waals surface area contributed by atoms with Crippen LogP contribution in [0.15, 0.2) is 24.4 Å². The molecule has 3 heteroatoms. The summed E-state index contributed by atoms with van der Waals surface area (Å²) in [5, 5.41) is 10.2.